The van der Waals surface area contributed by atoms with E-state index < -0.39 is 17.6 Å². The van der Waals surface area contributed by atoms with Crippen LogP contribution in [0, 0.1) is 11.6 Å². The van der Waals surface area contributed by atoms with Crippen LogP contribution in [0.2, 0.25) is 0 Å². The average molecular weight is 296 g/mol. The molecular weight excluding hydrogens is 286 g/mol. The minimum atomic E-state index is -0.811. The fourth-order valence-electron chi connectivity index (χ4n) is 1.51. The Kier molecular flexibility index (Phi) is 4.19. The van der Waals surface area contributed by atoms with Gasteiger partial charge in [0.1, 0.15) is 16.7 Å². The number of methoxy groups -OCH3 is 1. The van der Waals surface area contributed by atoms with Crippen LogP contribution >= 0.6 is 11.8 Å². The molecule has 0 aliphatic heterocycles. The van der Waals surface area contributed by atoms with Gasteiger partial charge in [-0.1, -0.05) is 11.8 Å². The number of nitrogens with zero attached hydrogens (tertiary/aromatic N) is 1. The molecule has 2 N–H and O–H groups in total. The molecule has 0 amide bonds. The largest absolute Gasteiger partial charge is 0.465 e. The molecule has 0 bridgehead atoms. The maximum absolute atomic E-state index is 13.7. The fourth-order valence-corrected chi connectivity index (χ4v) is 2.39. The Labute approximate surface area is 118 Å². The second-order valence-corrected chi connectivity index (χ2v) is 4.76. The van der Waals surface area contributed by atoms with E-state index in [-0.39, 0.29) is 21.2 Å². The van der Waals surface area contributed by atoms with E-state index in [0.29, 0.717) is 11.8 Å². The summed E-state index contributed by atoms with van der Waals surface area (Å²) < 4.78 is 32.0. The number of aromatic nitrogens is 1. The quantitative estimate of drug-likeness (QED) is 0.697. The van der Waals surface area contributed by atoms with Crippen LogP contribution in [0.5, 0.6) is 0 Å². The SMILES string of the molecule is COC(=O)c1cccnc1Sc1c(F)cc(N)cc1F. The van der Waals surface area contributed by atoms with E-state index in [4.69, 9.17) is 5.73 Å². The third-order valence-electron chi connectivity index (χ3n) is 2.40. The topological polar surface area (TPSA) is 65.2 Å². The molecule has 1 aromatic heterocycles. The number of ether oxygens (including phenoxy) is 1. The number of hydrogen-bond acceptors (Lipinski definition) is 5. The van der Waals surface area contributed by atoms with Gasteiger partial charge in [0.15, 0.2) is 0 Å². The van der Waals surface area contributed by atoms with Gasteiger partial charge in [0.05, 0.1) is 17.6 Å². The van der Waals surface area contributed by atoms with E-state index in [1.165, 1.54) is 25.4 Å². The molecule has 4 nitrogen and oxygen atoms in total. The molecule has 0 aliphatic carbocycles. The number of benzene rings is 1. The second kappa shape index (κ2) is 5.87. The van der Waals surface area contributed by atoms with E-state index >= 15 is 0 Å². The van der Waals surface area contributed by atoms with E-state index in [2.05, 4.69) is 9.72 Å². The molecule has 0 saturated heterocycles. The summed E-state index contributed by atoms with van der Waals surface area (Å²) in [6, 6.07) is 5.01. The van der Waals surface area contributed by atoms with Crippen molar-refractivity contribution >= 4 is 23.4 Å². The second-order valence-electron chi connectivity index (χ2n) is 3.76. The lowest BCUT2D eigenvalue weighted by atomic mass is 10.3. The van der Waals surface area contributed by atoms with Gasteiger partial charge in [-0.2, -0.15) is 0 Å². The highest BCUT2D eigenvalue weighted by Crippen LogP contribution is 2.34. The number of anilines is 1. The lowest BCUT2D eigenvalue weighted by Crippen LogP contribution is -2.04. The molecule has 2 rings (SSSR count). The van der Waals surface area contributed by atoms with Crippen LogP contribution in [0.1, 0.15) is 10.4 Å². The van der Waals surface area contributed by atoms with Crippen molar-refractivity contribution in [1.29, 1.82) is 0 Å². The molecule has 0 spiro atoms. The highest BCUT2D eigenvalue weighted by atomic mass is 32.2. The van der Waals surface area contributed by atoms with Crippen LogP contribution in [0.15, 0.2) is 40.4 Å². The van der Waals surface area contributed by atoms with Gasteiger partial charge in [-0.15, -0.1) is 0 Å². The molecule has 0 radical (unpaired) electrons. The van der Waals surface area contributed by atoms with Gasteiger partial charge in [-0.05, 0) is 24.3 Å². The number of pyridine rings is 1. The van der Waals surface area contributed by atoms with Crippen molar-refractivity contribution < 1.29 is 18.3 Å². The Bertz CT molecular complexity index is 642. The summed E-state index contributed by atoms with van der Waals surface area (Å²) in [6.45, 7) is 0. The molecule has 1 aromatic carbocycles. The average Bonchev–Trinajstić information content (AvgIpc) is 2.42. The number of nitrogen functional groups attached to an aromatic ring is 1. The molecule has 1 heterocycles. The number of carbonyl (C=O) groups is 1. The Balaban J connectivity index is 2.43. The number of esters is 1. The highest BCUT2D eigenvalue weighted by Gasteiger charge is 2.18. The number of carbonyl (C=O) groups excluding carboxylic acids is 1. The Morgan fingerprint density at radius 3 is 2.60 bits per heavy atom. The smallest absolute Gasteiger partial charge is 0.340 e. The molecule has 0 fully saturated rings. The fraction of sp³-hybridized carbons (Fsp3) is 0.0769. The summed E-state index contributed by atoms with van der Waals surface area (Å²) in [5.74, 6) is -2.25. The third kappa shape index (κ3) is 2.88. The van der Waals surface area contributed by atoms with Gasteiger partial charge in [-0.3, -0.25) is 0 Å². The van der Waals surface area contributed by atoms with Crippen LogP contribution in [0.25, 0.3) is 0 Å². The van der Waals surface area contributed by atoms with E-state index in [0.717, 1.165) is 12.1 Å². The first-order chi connectivity index (χ1) is 9.52. The first kappa shape index (κ1) is 14.3. The Morgan fingerprint density at radius 2 is 2.00 bits per heavy atom. The van der Waals surface area contributed by atoms with Crippen LogP contribution in [-0.2, 0) is 4.74 Å². The monoisotopic (exact) mass is 296 g/mol. The summed E-state index contributed by atoms with van der Waals surface area (Å²) >= 11 is 0.702. The summed E-state index contributed by atoms with van der Waals surface area (Å²) in [7, 11) is 1.22. The minimum absolute atomic E-state index is 0.0152. The van der Waals surface area contributed by atoms with Crippen molar-refractivity contribution in [2.45, 2.75) is 9.92 Å². The molecular formula is C13H10F2N2O2S. The van der Waals surface area contributed by atoms with Gasteiger partial charge in [0.2, 0.25) is 0 Å². The van der Waals surface area contributed by atoms with Crippen LogP contribution < -0.4 is 5.73 Å². The van der Waals surface area contributed by atoms with Gasteiger partial charge in [0, 0.05) is 11.9 Å². The lowest BCUT2D eigenvalue weighted by Gasteiger charge is -2.08. The molecule has 104 valence electrons. The summed E-state index contributed by atoms with van der Waals surface area (Å²) in [6.07, 6.45) is 1.42. The first-order valence-corrected chi connectivity index (χ1v) is 6.30. The molecule has 0 unspecified atom stereocenters. The summed E-state index contributed by atoms with van der Waals surface area (Å²) in [4.78, 5) is 15.2. The van der Waals surface area contributed by atoms with E-state index in [1.54, 1.807) is 0 Å². The summed E-state index contributed by atoms with van der Waals surface area (Å²) in [5.41, 5.74) is 5.46. The number of halogens is 2. The zero-order valence-corrected chi connectivity index (χ0v) is 11.2. The van der Waals surface area contributed by atoms with Gasteiger partial charge >= 0.3 is 5.97 Å². The predicted octanol–water partition coefficient (Wildman–Crippen LogP) is 2.88. The third-order valence-corrected chi connectivity index (χ3v) is 3.51. The normalized spacial score (nSPS) is 10.3. The predicted molar refractivity (Wildman–Crippen MR) is 70.5 cm³/mol. The zero-order valence-electron chi connectivity index (χ0n) is 10.4. The minimum Gasteiger partial charge on any atom is -0.465 e. The standard InChI is InChI=1S/C13H10F2N2O2S/c1-19-13(18)8-3-2-4-17-12(8)20-11-9(14)5-7(16)6-10(11)15/h2-6H,16H2,1H3. The van der Waals surface area contributed by atoms with Crippen molar-refractivity contribution in [3.63, 3.8) is 0 Å². The van der Waals surface area contributed by atoms with E-state index in [1.807, 2.05) is 0 Å². The van der Waals surface area contributed by atoms with Gasteiger partial charge in [-0.25, -0.2) is 18.6 Å². The Morgan fingerprint density at radius 1 is 1.35 bits per heavy atom. The molecule has 2 aromatic rings. The number of rotatable bonds is 3. The highest BCUT2D eigenvalue weighted by molar-refractivity contribution is 7.99. The first-order valence-electron chi connectivity index (χ1n) is 5.48. The molecule has 20 heavy (non-hydrogen) atoms. The molecule has 0 aliphatic rings. The maximum atomic E-state index is 13.7. The number of nitrogens with two attached hydrogens (primary N) is 1. The van der Waals surface area contributed by atoms with Crippen molar-refractivity contribution in [3.8, 4) is 0 Å². The number of hydrogen-bond donors (Lipinski definition) is 1. The van der Waals surface area contributed by atoms with E-state index in [9.17, 15) is 13.6 Å². The van der Waals surface area contributed by atoms with Crippen LogP contribution in [-0.4, -0.2) is 18.1 Å². The molecule has 7 heteroatoms. The van der Waals surface area contributed by atoms with Crippen molar-refractivity contribution in [1.82, 2.24) is 4.98 Å². The zero-order chi connectivity index (χ0) is 14.7. The molecule has 0 atom stereocenters. The van der Waals surface area contributed by atoms with Crippen molar-refractivity contribution in [3.05, 3.63) is 47.7 Å². The van der Waals surface area contributed by atoms with Crippen molar-refractivity contribution in [2.75, 3.05) is 12.8 Å². The maximum Gasteiger partial charge on any atom is 0.340 e. The lowest BCUT2D eigenvalue weighted by molar-refractivity contribution is 0.0596. The molecule has 0 saturated carbocycles. The van der Waals surface area contributed by atoms with Gasteiger partial charge in [0.25, 0.3) is 0 Å². The Hall–Kier alpha value is -2.15. The van der Waals surface area contributed by atoms with Gasteiger partial charge < -0.3 is 10.5 Å². The summed E-state index contributed by atoms with van der Waals surface area (Å²) in [5, 5.41) is 0.155. The van der Waals surface area contributed by atoms with Crippen LogP contribution in [0.3, 0.4) is 0 Å². The van der Waals surface area contributed by atoms with Crippen molar-refractivity contribution in [2.24, 2.45) is 0 Å². The van der Waals surface area contributed by atoms with Crippen LogP contribution in [0.4, 0.5) is 14.5 Å².